The van der Waals surface area contributed by atoms with Crippen LogP contribution in [0.1, 0.15) is 31.7 Å². The van der Waals surface area contributed by atoms with E-state index in [4.69, 9.17) is 26.1 Å². The number of nitrogens with zero attached hydrogens (tertiary/aromatic N) is 5. The van der Waals surface area contributed by atoms with Gasteiger partial charge in [-0.05, 0) is 49.9 Å². The van der Waals surface area contributed by atoms with Gasteiger partial charge >= 0.3 is 0 Å². The van der Waals surface area contributed by atoms with Gasteiger partial charge in [-0.1, -0.05) is 41.9 Å². The van der Waals surface area contributed by atoms with Gasteiger partial charge in [0.25, 0.3) is 0 Å². The zero-order valence-corrected chi connectivity index (χ0v) is 21.6. The molecule has 2 aromatic heterocycles. The highest BCUT2D eigenvalue weighted by molar-refractivity contribution is 6.33. The van der Waals surface area contributed by atoms with Crippen molar-refractivity contribution >= 4 is 22.8 Å². The summed E-state index contributed by atoms with van der Waals surface area (Å²) in [5.74, 6) is 1.90. The highest BCUT2D eigenvalue weighted by Gasteiger charge is 2.41. The highest BCUT2D eigenvalue weighted by atomic mass is 35.5. The van der Waals surface area contributed by atoms with Crippen molar-refractivity contribution in [3.05, 3.63) is 65.4 Å². The second-order valence-corrected chi connectivity index (χ2v) is 10.6. The van der Waals surface area contributed by atoms with Crippen molar-refractivity contribution in [3.63, 3.8) is 0 Å². The number of ether oxygens (including phenoxy) is 2. The van der Waals surface area contributed by atoms with E-state index in [0.29, 0.717) is 53.3 Å². The minimum atomic E-state index is -0.230. The number of aliphatic hydroxyl groups is 1. The number of aromatic nitrogens is 4. The molecule has 1 saturated carbocycles. The Bertz CT molecular complexity index is 1410. The molecule has 8 nitrogen and oxygen atoms in total. The zero-order valence-electron chi connectivity index (χ0n) is 20.8. The summed E-state index contributed by atoms with van der Waals surface area (Å²) in [6.45, 7) is 5.57. The molecule has 4 aromatic rings. The van der Waals surface area contributed by atoms with Crippen LogP contribution in [-0.2, 0) is 6.54 Å². The summed E-state index contributed by atoms with van der Waals surface area (Å²) < 4.78 is 14.3. The van der Waals surface area contributed by atoms with Gasteiger partial charge in [0.2, 0.25) is 5.88 Å². The maximum Gasteiger partial charge on any atom is 0.245 e. The molecule has 0 amide bonds. The predicted molar refractivity (Wildman–Crippen MR) is 142 cm³/mol. The van der Waals surface area contributed by atoms with Crippen molar-refractivity contribution in [2.75, 3.05) is 26.2 Å². The molecule has 1 N–H and O–H groups in total. The minimum absolute atomic E-state index is 0.186. The smallest absolute Gasteiger partial charge is 0.245 e. The monoisotopic (exact) mass is 519 g/mol. The Labute approximate surface area is 220 Å². The molecule has 2 aliphatic rings. The lowest BCUT2D eigenvalue weighted by Gasteiger charge is -2.16. The number of hydrogen-bond donors (Lipinski definition) is 1. The molecule has 192 valence electrons. The van der Waals surface area contributed by atoms with Crippen LogP contribution in [0, 0.1) is 0 Å². The van der Waals surface area contributed by atoms with Gasteiger partial charge in [0.05, 0.1) is 17.7 Å². The lowest BCUT2D eigenvalue weighted by atomic mass is 10.2. The predicted octanol–water partition coefficient (Wildman–Crippen LogP) is 4.57. The Morgan fingerprint density at radius 2 is 1.97 bits per heavy atom. The zero-order chi connectivity index (χ0) is 25.4. The van der Waals surface area contributed by atoms with E-state index in [-0.39, 0.29) is 11.7 Å². The van der Waals surface area contributed by atoms with Crippen LogP contribution >= 0.6 is 11.6 Å². The van der Waals surface area contributed by atoms with Crippen LogP contribution in [0.2, 0.25) is 5.02 Å². The number of benzene rings is 2. The molecule has 0 radical (unpaired) electrons. The Morgan fingerprint density at radius 1 is 1.14 bits per heavy atom. The van der Waals surface area contributed by atoms with Crippen LogP contribution in [0.4, 0.5) is 0 Å². The SMILES string of the molecule is CC1(Oc2ncnc3c2nc(-c2ccc(OCCN4CC[C@@H](O)C4)cc2Cl)n3Cc2ccccc2)CC1. The summed E-state index contributed by atoms with van der Waals surface area (Å²) in [6, 6.07) is 15.9. The van der Waals surface area contributed by atoms with Crippen LogP contribution in [-0.4, -0.2) is 67.5 Å². The van der Waals surface area contributed by atoms with Crippen molar-refractivity contribution in [2.24, 2.45) is 0 Å². The summed E-state index contributed by atoms with van der Waals surface area (Å²) in [6.07, 6.45) is 4.13. The molecule has 1 aliphatic carbocycles. The molecular formula is C28H30ClN5O3. The van der Waals surface area contributed by atoms with Crippen molar-refractivity contribution in [3.8, 4) is 23.0 Å². The fraction of sp³-hybridized carbons (Fsp3) is 0.393. The standard InChI is InChI=1S/C28H30ClN5O3/c1-28(10-11-28)37-27-24-26(30-18-31-27)34(16-19-5-3-2-4-6-19)25(32-24)22-8-7-21(15-23(22)29)36-14-13-33-12-9-20(35)17-33/h2-8,15,18,20,35H,9-14,16-17H2,1H3/t20-/m1/s1. The van der Waals surface area contributed by atoms with Crippen LogP contribution in [0.3, 0.4) is 0 Å². The van der Waals surface area contributed by atoms with Gasteiger partial charge in [0.1, 0.15) is 30.1 Å². The lowest BCUT2D eigenvalue weighted by Crippen LogP contribution is -2.27. The number of aliphatic hydroxyl groups excluding tert-OH is 1. The summed E-state index contributed by atoms with van der Waals surface area (Å²) in [7, 11) is 0. The lowest BCUT2D eigenvalue weighted by molar-refractivity contribution is 0.167. The van der Waals surface area contributed by atoms with Crippen molar-refractivity contribution in [1.82, 2.24) is 24.4 Å². The second-order valence-electron chi connectivity index (χ2n) is 10.1. The maximum absolute atomic E-state index is 9.71. The van der Waals surface area contributed by atoms with Crippen LogP contribution in [0.15, 0.2) is 54.9 Å². The first kappa shape index (κ1) is 24.2. The molecule has 0 spiro atoms. The average molecular weight is 520 g/mol. The number of fused-ring (bicyclic) bond motifs is 1. The first-order valence-electron chi connectivity index (χ1n) is 12.7. The molecule has 6 rings (SSSR count). The summed E-state index contributed by atoms with van der Waals surface area (Å²) in [5, 5.41) is 10.3. The van der Waals surface area contributed by atoms with E-state index in [1.807, 2.05) is 36.4 Å². The van der Waals surface area contributed by atoms with Crippen LogP contribution in [0.5, 0.6) is 11.6 Å². The van der Waals surface area contributed by atoms with Gasteiger partial charge in [-0.2, -0.15) is 4.98 Å². The molecule has 37 heavy (non-hydrogen) atoms. The Kier molecular flexibility index (Phi) is 6.48. The number of hydrogen-bond acceptors (Lipinski definition) is 7. The van der Waals surface area contributed by atoms with E-state index < -0.39 is 0 Å². The van der Waals surface area contributed by atoms with E-state index >= 15 is 0 Å². The average Bonchev–Trinajstić information content (AvgIpc) is 3.29. The minimum Gasteiger partial charge on any atom is -0.492 e. The molecule has 1 atom stereocenters. The normalized spacial score (nSPS) is 18.8. The molecule has 9 heteroatoms. The van der Waals surface area contributed by atoms with E-state index in [1.54, 1.807) is 0 Å². The molecule has 3 heterocycles. The number of halogens is 1. The van der Waals surface area contributed by atoms with Crippen molar-refractivity contribution < 1.29 is 14.6 Å². The molecule has 1 aliphatic heterocycles. The Balaban J connectivity index is 1.31. The molecule has 2 fully saturated rings. The largest absolute Gasteiger partial charge is 0.492 e. The number of likely N-dealkylation sites (tertiary alicyclic amines) is 1. The molecule has 1 saturated heterocycles. The summed E-state index contributed by atoms with van der Waals surface area (Å²) >= 11 is 6.80. The third-order valence-electron chi connectivity index (χ3n) is 7.08. The second kappa shape index (κ2) is 9.93. The van der Waals surface area contributed by atoms with Crippen LogP contribution in [0.25, 0.3) is 22.6 Å². The van der Waals surface area contributed by atoms with Gasteiger partial charge in [0, 0.05) is 25.2 Å². The van der Waals surface area contributed by atoms with E-state index in [1.165, 1.54) is 6.33 Å². The third kappa shape index (κ3) is 5.28. The fourth-order valence-electron chi connectivity index (χ4n) is 4.70. The number of β-amino-alcohol motifs (C(OH)–C–C–N with tert-alkyl or cyclic N) is 1. The molecule has 2 aromatic carbocycles. The van der Waals surface area contributed by atoms with Gasteiger partial charge in [0.15, 0.2) is 11.2 Å². The number of rotatable bonds is 9. The van der Waals surface area contributed by atoms with Gasteiger partial charge in [-0.15, -0.1) is 0 Å². The quantitative estimate of drug-likeness (QED) is 0.346. The Hall–Kier alpha value is -3.20. The van der Waals surface area contributed by atoms with E-state index in [2.05, 4.69) is 38.5 Å². The van der Waals surface area contributed by atoms with Gasteiger partial charge < -0.3 is 19.1 Å². The summed E-state index contributed by atoms with van der Waals surface area (Å²) in [4.78, 5) is 16.2. The highest BCUT2D eigenvalue weighted by Crippen LogP contribution is 2.41. The first-order chi connectivity index (χ1) is 18.0. The summed E-state index contributed by atoms with van der Waals surface area (Å²) in [5.41, 5.74) is 3.06. The van der Waals surface area contributed by atoms with Gasteiger partial charge in [-0.3, -0.25) is 4.90 Å². The fourth-order valence-corrected chi connectivity index (χ4v) is 4.95. The molecular weight excluding hydrogens is 490 g/mol. The first-order valence-corrected chi connectivity index (χ1v) is 13.1. The third-order valence-corrected chi connectivity index (χ3v) is 7.40. The molecule has 0 unspecified atom stereocenters. The number of imidazole rings is 1. The van der Waals surface area contributed by atoms with Gasteiger partial charge in [-0.25, -0.2) is 9.97 Å². The van der Waals surface area contributed by atoms with Crippen molar-refractivity contribution in [1.29, 1.82) is 0 Å². The molecule has 0 bridgehead atoms. The van der Waals surface area contributed by atoms with Crippen LogP contribution < -0.4 is 9.47 Å². The van der Waals surface area contributed by atoms with E-state index in [9.17, 15) is 5.11 Å². The topological polar surface area (TPSA) is 85.5 Å². The van der Waals surface area contributed by atoms with Crippen molar-refractivity contribution in [2.45, 2.75) is 44.4 Å². The Morgan fingerprint density at radius 3 is 2.70 bits per heavy atom. The maximum atomic E-state index is 9.71. The van der Waals surface area contributed by atoms with E-state index in [0.717, 1.165) is 43.5 Å².